The third-order valence-corrected chi connectivity index (χ3v) is 9.78. The Morgan fingerprint density at radius 2 is 0.741 bits per heavy atom. The molecule has 1 atom stereocenters. The molecule has 0 aromatic carbocycles. The fourth-order valence-electron chi connectivity index (χ4n) is 6.30. The lowest BCUT2D eigenvalue weighted by molar-refractivity contribution is -0.161. The van der Waals surface area contributed by atoms with Gasteiger partial charge in [-0.3, -0.25) is 9.59 Å². The van der Waals surface area contributed by atoms with E-state index >= 15 is 0 Å². The van der Waals surface area contributed by atoms with Crippen molar-refractivity contribution in [2.75, 3.05) is 13.2 Å². The van der Waals surface area contributed by atoms with Crippen LogP contribution in [0.5, 0.6) is 0 Å². The van der Waals surface area contributed by atoms with E-state index in [0.29, 0.717) is 12.8 Å². The number of unbranched alkanes of at least 4 members (excludes halogenated alkanes) is 23. The van der Waals surface area contributed by atoms with Crippen LogP contribution in [-0.4, -0.2) is 36.4 Å². The van der Waals surface area contributed by atoms with Crippen molar-refractivity contribution in [2.24, 2.45) is 0 Å². The van der Waals surface area contributed by atoms with Gasteiger partial charge in [0.05, 0.1) is 6.61 Å². The Hall–Kier alpha value is -2.40. The van der Waals surface area contributed by atoms with E-state index < -0.39 is 6.10 Å². The van der Waals surface area contributed by atoms with Crippen molar-refractivity contribution in [3.63, 3.8) is 0 Å². The van der Waals surface area contributed by atoms with E-state index in [1.807, 2.05) is 0 Å². The average molecular weight is 755 g/mol. The predicted octanol–water partition coefficient (Wildman–Crippen LogP) is 14.7. The van der Waals surface area contributed by atoms with Gasteiger partial charge in [0.15, 0.2) is 6.10 Å². The second-order valence-corrected chi connectivity index (χ2v) is 15.1. The normalized spacial score (nSPS) is 12.7. The van der Waals surface area contributed by atoms with E-state index in [4.69, 9.17) is 9.47 Å². The second-order valence-electron chi connectivity index (χ2n) is 15.1. The summed E-state index contributed by atoms with van der Waals surface area (Å²) in [6.07, 6.45) is 58.6. The highest BCUT2D eigenvalue weighted by molar-refractivity contribution is 5.70. The molecule has 0 spiro atoms. The van der Waals surface area contributed by atoms with Crippen LogP contribution in [0.3, 0.4) is 0 Å². The molecule has 0 unspecified atom stereocenters. The Kier molecular flexibility index (Phi) is 43.0. The summed E-state index contributed by atoms with van der Waals surface area (Å²) in [6.45, 7) is 4.09. The molecule has 5 heteroatoms. The third kappa shape index (κ3) is 42.3. The van der Waals surface area contributed by atoms with E-state index in [1.54, 1.807) is 0 Å². The topological polar surface area (TPSA) is 72.8 Å². The van der Waals surface area contributed by atoms with Crippen LogP contribution >= 0.6 is 0 Å². The molecule has 0 fully saturated rings. The standard InChI is InChI=1S/C49H86O5/c1-3-5-7-9-11-13-15-17-19-21-23-24-26-28-30-32-34-36-38-40-42-44-49(52)54-47(45-50)46-53-48(51)43-41-39-37-35-33-31-29-27-25-22-20-18-16-14-12-10-8-6-4-2/h12,14,17-20,25,27,31,33,47,50H,3-11,13,15-16,21-24,26,28-30,32,34-46H2,1-2H3/b14-12-,19-17-,20-18-,27-25-,33-31-/t47-/m0/s1. The quantitative estimate of drug-likeness (QED) is 0.0382. The van der Waals surface area contributed by atoms with Crippen molar-refractivity contribution in [3.8, 4) is 0 Å². The zero-order valence-corrected chi connectivity index (χ0v) is 35.5. The zero-order chi connectivity index (χ0) is 39.3. The maximum Gasteiger partial charge on any atom is 0.306 e. The molecule has 0 rings (SSSR count). The first-order chi connectivity index (χ1) is 26.6. The molecule has 0 amide bonds. The van der Waals surface area contributed by atoms with Gasteiger partial charge in [-0.25, -0.2) is 0 Å². The highest BCUT2D eigenvalue weighted by Crippen LogP contribution is 2.14. The molecular formula is C49H86O5. The fraction of sp³-hybridized carbons (Fsp3) is 0.755. The number of aliphatic hydroxyl groups is 1. The Morgan fingerprint density at radius 1 is 0.426 bits per heavy atom. The number of ether oxygens (including phenoxy) is 2. The molecule has 0 aromatic rings. The summed E-state index contributed by atoms with van der Waals surface area (Å²) in [7, 11) is 0. The van der Waals surface area contributed by atoms with Crippen molar-refractivity contribution in [3.05, 3.63) is 60.8 Å². The van der Waals surface area contributed by atoms with E-state index in [9.17, 15) is 14.7 Å². The molecule has 5 nitrogen and oxygen atoms in total. The Balaban J connectivity index is 3.58. The van der Waals surface area contributed by atoms with Gasteiger partial charge in [-0.05, 0) is 83.5 Å². The lowest BCUT2D eigenvalue weighted by Crippen LogP contribution is -2.28. The molecule has 0 saturated heterocycles. The molecule has 0 aliphatic carbocycles. The molecule has 54 heavy (non-hydrogen) atoms. The molecule has 312 valence electrons. The summed E-state index contributed by atoms with van der Waals surface area (Å²) >= 11 is 0. The highest BCUT2D eigenvalue weighted by atomic mass is 16.6. The highest BCUT2D eigenvalue weighted by Gasteiger charge is 2.16. The lowest BCUT2D eigenvalue weighted by Gasteiger charge is -2.15. The van der Waals surface area contributed by atoms with E-state index in [-0.39, 0.29) is 25.2 Å². The predicted molar refractivity (Wildman–Crippen MR) is 233 cm³/mol. The van der Waals surface area contributed by atoms with Gasteiger partial charge in [0.2, 0.25) is 0 Å². The maximum absolute atomic E-state index is 12.2. The number of rotatable bonds is 41. The summed E-state index contributed by atoms with van der Waals surface area (Å²) in [5, 5.41) is 9.59. The summed E-state index contributed by atoms with van der Waals surface area (Å²) in [4.78, 5) is 24.4. The molecule has 0 bridgehead atoms. The minimum Gasteiger partial charge on any atom is -0.462 e. The van der Waals surface area contributed by atoms with Gasteiger partial charge in [-0.2, -0.15) is 0 Å². The molecular weight excluding hydrogens is 669 g/mol. The second kappa shape index (κ2) is 45.0. The minimum absolute atomic E-state index is 0.0837. The Bertz CT molecular complexity index is 946. The van der Waals surface area contributed by atoms with Crippen molar-refractivity contribution in [1.29, 1.82) is 0 Å². The van der Waals surface area contributed by atoms with Crippen LogP contribution in [-0.2, 0) is 19.1 Å². The molecule has 1 N–H and O–H groups in total. The zero-order valence-electron chi connectivity index (χ0n) is 35.5. The van der Waals surface area contributed by atoms with Crippen LogP contribution in [0.1, 0.15) is 219 Å². The van der Waals surface area contributed by atoms with Crippen LogP contribution in [0.4, 0.5) is 0 Å². The number of hydrogen-bond donors (Lipinski definition) is 1. The van der Waals surface area contributed by atoms with Crippen LogP contribution in [0.15, 0.2) is 60.8 Å². The first-order valence-corrected chi connectivity index (χ1v) is 22.8. The van der Waals surface area contributed by atoms with E-state index in [1.165, 1.54) is 128 Å². The molecule has 0 radical (unpaired) electrons. The number of hydrogen-bond acceptors (Lipinski definition) is 5. The summed E-state index contributed by atoms with van der Waals surface area (Å²) in [5.41, 5.74) is 0. The number of carbonyl (C=O) groups is 2. The summed E-state index contributed by atoms with van der Waals surface area (Å²) in [6, 6.07) is 0. The number of aliphatic hydroxyl groups excluding tert-OH is 1. The van der Waals surface area contributed by atoms with E-state index in [0.717, 1.165) is 64.2 Å². The Labute approximate surface area is 334 Å². The maximum atomic E-state index is 12.2. The lowest BCUT2D eigenvalue weighted by atomic mass is 10.0. The van der Waals surface area contributed by atoms with E-state index in [2.05, 4.69) is 74.6 Å². The number of carbonyl (C=O) groups excluding carboxylic acids is 2. The van der Waals surface area contributed by atoms with Gasteiger partial charge >= 0.3 is 11.9 Å². The van der Waals surface area contributed by atoms with Crippen LogP contribution in [0.2, 0.25) is 0 Å². The van der Waals surface area contributed by atoms with Crippen molar-refractivity contribution < 1.29 is 24.2 Å². The molecule has 0 heterocycles. The van der Waals surface area contributed by atoms with Crippen LogP contribution in [0, 0.1) is 0 Å². The largest absolute Gasteiger partial charge is 0.462 e. The van der Waals surface area contributed by atoms with Crippen molar-refractivity contribution in [1.82, 2.24) is 0 Å². The van der Waals surface area contributed by atoms with Crippen LogP contribution < -0.4 is 0 Å². The first-order valence-electron chi connectivity index (χ1n) is 22.8. The van der Waals surface area contributed by atoms with Gasteiger partial charge in [0, 0.05) is 12.8 Å². The molecule has 0 aromatic heterocycles. The summed E-state index contributed by atoms with van der Waals surface area (Å²) in [5.74, 6) is -0.626. The molecule has 0 aliphatic rings. The SMILES string of the molecule is CCCCC/C=C\C/C=C\C/C=C\C/C=C\CCCCCC(=O)OC[C@H](CO)OC(=O)CCCCCCCCCCCCC/C=C\CCCCCCCC. The summed E-state index contributed by atoms with van der Waals surface area (Å²) < 4.78 is 10.6. The van der Waals surface area contributed by atoms with Gasteiger partial charge in [0.1, 0.15) is 6.61 Å². The first kappa shape index (κ1) is 51.6. The smallest absolute Gasteiger partial charge is 0.306 e. The molecule has 0 saturated carbocycles. The Morgan fingerprint density at radius 3 is 1.19 bits per heavy atom. The molecule has 0 aliphatic heterocycles. The fourth-order valence-corrected chi connectivity index (χ4v) is 6.30. The van der Waals surface area contributed by atoms with Crippen molar-refractivity contribution >= 4 is 11.9 Å². The third-order valence-electron chi connectivity index (χ3n) is 9.78. The van der Waals surface area contributed by atoms with Gasteiger partial charge < -0.3 is 14.6 Å². The monoisotopic (exact) mass is 755 g/mol. The minimum atomic E-state index is -0.787. The number of esters is 2. The van der Waals surface area contributed by atoms with Gasteiger partial charge in [-0.1, -0.05) is 184 Å². The number of allylic oxidation sites excluding steroid dienone is 10. The van der Waals surface area contributed by atoms with Gasteiger partial charge in [0.25, 0.3) is 0 Å². The van der Waals surface area contributed by atoms with Gasteiger partial charge in [-0.15, -0.1) is 0 Å². The van der Waals surface area contributed by atoms with Crippen LogP contribution in [0.25, 0.3) is 0 Å². The van der Waals surface area contributed by atoms with Crippen molar-refractivity contribution in [2.45, 2.75) is 225 Å². The average Bonchev–Trinajstić information content (AvgIpc) is 3.17.